The molecule has 11 nitrogen and oxygen atoms in total. The summed E-state index contributed by atoms with van der Waals surface area (Å²) < 4.78 is 73.4. The van der Waals surface area contributed by atoms with Crippen LogP contribution < -0.4 is 5.73 Å². The van der Waals surface area contributed by atoms with Crippen molar-refractivity contribution in [3.63, 3.8) is 0 Å². The number of halogens is 4. The van der Waals surface area contributed by atoms with Crippen LogP contribution in [0.3, 0.4) is 0 Å². The number of nitrogens with zero attached hydrogens (tertiary/aromatic N) is 7. The number of carbonyl (C=O) groups is 2. The molecule has 3 heterocycles. The molecule has 2 atom stereocenters. The zero-order chi connectivity index (χ0) is 37.5. The van der Waals surface area contributed by atoms with Crippen molar-refractivity contribution in [2.75, 3.05) is 6.61 Å². The summed E-state index contributed by atoms with van der Waals surface area (Å²) in [6.07, 6.45) is 1.05. The minimum atomic E-state index is -2.98. The van der Waals surface area contributed by atoms with Gasteiger partial charge >= 0.3 is 5.97 Å². The number of ether oxygens (including phenoxy) is 1. The first kappa shape index (κ1) is 30.6. The maximum atomic E-state index is 15.9. The van der Waals surface area contributed by atoms with Crippen molar-refractivity contribution in [2.45, 2.75) is 65.0 Å². The quantitative estimate of drug-likeness (QED) is 0.184. The molecule has 1 aliphatic heterocycles. The van der Waals surface area contributed by atoms with E-state index in [1.165, 1.54) is 42.7 Å². The molecule has 0 bridgehead atoms. The van der Waals surface area contributed by atoms with Crippen molar-refractivity contribution >= 4 is 29.4 Å². The van der Waals surface area contributed by atoms with Crippen LogP contribution in [0.25, 0.3) is 16.8 Å². The number of benzene rings is 2. The van der Waals surface area contributed by atoms with Gasteiger partial charge in [-0.15, -0.1) is 0 Å². The molecule has 15 heteroatoms. The minimum Gasteiger partial charge on any atom is -0.463 e. The number of aliphatic imine (C=N–C) groups is 1. The van der Waals surface area contributed by atoms with Crippen molar-refractivity contribution < 1.29 is 31.6 Å². The second kappa shape index (κ2) is 13.4. The Hall–Kier alpha value is -4.72. The second-order valence-corrected chi connectivity index (χ2v) is 13.0. The molecule has 0 saturated carbocycles. The number of hydrogen-bond acceptors (Lipinski definition) is 8. The summed E-state index contributed by atoms with van der Waals surface area (Å²) in [6, 6.07) is 7.31. The lowest BCUT2D eigenvalue weighted by atomic mass is 9.75. The topological polar surface area (TPSA) is 134 Å². The van der Waals surface area contributed by atoms with Crippen LogP contribution in [0.2, 0.25) is 5.02 Å². The van der Waals surface area contributed by atoms with Gasteiger partial charge in [-0.3, -0.25) is 19.2 Å². The summed E-state index contributed by atoms with van der Waals surface area (Å²) in [5.74, 6) is -2.88. The van der Waals surface area contributed by atoms with Gasteiger partial charge in [0.15, 0.2) is 17.3 Å². The van der Waals surface area contributed by atoms with Crippen molar-refractivity contribution in [3.8, 4) is 16.8 Å². The molecule has 4 aromatic rings. The van der Waals surface area contributed by atoms with E-state index in [1.54, 1.807) is 6.92 Å². The fourth-order valence-corrected chi connectivity index (χ4v) is 5.99. The average Bonchev–Trinajstić information content (AvgIpc) is 3.77. The Balaban J connectivity index is 1.61. The van der Waals surface area contributed by atoms with Crippen LogP contribution in [0.5, 0.6) is 0 Å². The molecule has 0 spiro atoms. The summed E-state index contributed by atoms with van der Waals surface area (Å²) in [5, 5.41) is 7.78. The van der Waals surface area contributed by atoms with E-state index in [9.17, 15) is 18.4 Å². The number of guanidine groups is 1. The second-order valence-electron chi connectivity index (χ2n) is 12.6. The highest BCUT2D eigenvalue weighted by Crippen LogP contribution is 2.46. The fourth-order valence-electron chi connectivity index (χ4n) is 5.79. The first-order valence-corrected chi connectivity index (χ1v) is 15.4. The van der Waals surface area contributed by atoms with Crippen molar-refractivity contribution in [1.29, 1.82) is 0 Å². The molecular formula is C33H36ClF3N8O3. The normalized spacial score (nSPS) is 18.4. The Labute approximate surface area is 284 Å². The van der Waals surface area contributed by atoms with Crippen molar-refractivity contribution in [3.05, 3.63) is 82.9 Å². The monoisotopic (exact) mass is 687 g/mol. The third-order valence-electron chi connectivity index (χ3n) is 7.77. The highest BCUT2D eigenvalue weighted by atomic mass is 35.5. The van der Waals surface area contributed by atoms with Gasteiger partial charge in [-0.25, -0.2) is 27.8 Å². The van der Waals surface area contributed by atoms with Gasteiger partial charge in [-0.1, -0.05) is 57.5 Å². The Morgan fingerprint density at radius 3 is 2.60 bits per heavy atom. The van der Waals surface area contributed by atoms with Crippen LogP contribution in [-0.2, 0) is 26.8 Å². The van der Waals surface area contributed by atoms with Gasteiger partial charge in [0.2, 0.25) is 0 Å². The molecule has 0 unspecified atom stereocenters. The summed E-state index contributed by atoms with van der Waals surface area (Å²) >= 11 is 6.43. The molecule has 48 heavy (non-hydrogen) atoms. The van der Waals surface area contributed by atoms with Gasteiger partial charge < -0.3 is 10.5 Å². The largest absolute Gasteiger partial charge is 0.463 e. The van der Waals surface area contributed by atoms with E-state index in [0.717, 1.165) is 26.7 Å². The van der Waals surface area contributed by atoms with Gasteiger partial charge in [0.05, 0.1) is 22.9 Å². The molecule has 2 aromatic carbocycles. The van der Waals surface area contributed by atoms with E-state index in [-0.39, 0.29) is 46.2 Å². The number of esters is 1. The van der Waals surface area contributed by atoms with Gasteiger partial charge in [0.1, 0.15) is 18.8 Å². The zero-order valence-electron chi connectivity index (χ0n) is 29.6. The third-order valence-corrected chi connectivity index (χ3v) is 8.09. The van der Waals surface area contributed by atoms with Crippen LogP contribution in [-0.4, -0.2) is 53.9 Å². The standard InChI is InChI=1S/C33H36ClF3N8O3/c1-6-7-27(46)48-16-26(19-8-11-23(34)25(12-19)45-29(28(36)37)39-18-41-45)44-30(47)33(42-31(44)38,17-32(2,3)4)21-9-10-22(24(35)13-21)20-14-40-43(5)15-20/h8-15,18,26,28H,6-7,16-17H2,1-5H3,(H2,38,42)/t26-,33-/m1/s1/i5D3. The maximum Gasteiger partial charge on any atom is 0.305 e. The summed E-state index contributed by atoms with van der Waals surface area (Å²) in [5.41, 5.74) is 4.95. The van der Waals surface area contributed by atoms with E-state index in [1.807, 2.05) is 20.8 Å². The van der Waals surface area contributed by atoms with Crippen LogP contribution in [0.4, 0.5) is 13.2 Å². The Bertz CT molecular complexity index is 1980. The van der Waals surface area contributed by atoms with E-state index in [2.05, 4.69) is 20.2 Å². The summed E-state index contributed by atoms with van der Waals surface area (Å²) in [7, 11) is 0. The smallest absolute Gasteiger partial charge is 0.305 e. The minimum absolute atomic E-state index is 0.0226. The van der Waals surface area contributed by atoms with Crippen LogP contribution in [0.1, 0.15) is 80.5 Å². The highest BCUT2D eigenvalue weighted by Gasteiger charge is 2.53. The fraction of sp³-hybridized carbons (Fsp3) is 0.394. The van der Waals surface area contributed by atoms with Crippen molar-refractivity contribution in [2.24, 2.45) is 23.1 Å². The highest BCUT2D eigenvalue weighted by molar-refractivity contribution is 6.32. The predicted octanol–water partition coefficient (Wildman–Crippen LogP) is 6.27. The molecule has 1 amide bonds. The lowest BCUT2D eigenvalue weighted by Gasteiger charge is -2.35. The number of nitrogens with two attached hydrogens (primary N) is 1. The molecule has 2 aromatic heterocycles. The number of alkyl halides is 2. The molecule has 254 valence electrons. The van der Waals surface area contributed by atoms with Gasteiger partial charge in [0.25, 0.3) is 12.3 Å². The molecule has 0 saturated heterocycles. The lowest BCUT2D eigenvalue weighted by Crippen LogP contribution is -2.47. The number of aryl methyl sites for hydroxylation is 1. The molecule has 2 N–H and O–H groups in total. The first-order chi connectivity index (χ1) is 23.9. The number of carbonyl (C=O) groups excluding carboxylic acids is 2. The predicted molar refractivity (Wildman–Crippen MR) is 173 cm³/mol. The van der Waals surface area contributed by atoms with Crippen molar-refractivity contribution in [1.82, 2.24) is 29.4 Å². The number of amides is 1. The van der Waals surface area contributed by atoms with Crippen LogP contribution in [0.15, 0.2) is 60.1 Å². The first-order valence-electron chi connectivity index (χ1n) is 16.5. The number of rotatable bonds is 11. The van der Waals surface area contributed by atoms with Crippen LogP contribution >= 0.6 is 11.6 Å². The van der Waals surface area contributed by atoms with E-state index in [0.29, 0.717) is 12.0 Å². The zero-order valence-corrected chi connectivity index (χ0v) is 27.4. The number of hydrogen-bond donors (Lipinski definition) is 1. The lowest BCUT2D eigenvalue weighted by molar-refractivity contribution is -0.147. The molecular weight excluding hydrogens is 649 g/mol. The SMILES string of the molecule is [2H]C([2H])([2H])n1cc(-c2ccc([C@@]3(CC(C)(C)C)N=C(N)N([C@H](COC(=O)CCC)c4ccc(Cl)c(-n5ncnc5C(F)F)c4)C3=O)cc2F)cn1. The average molecular weight is 688 g/mol. The molecule has 0 aliphatic carbocycles. The Morgan fingerprint density at radius 1 is 1.19 bits per heavy atom. The Morgan fingerprint density at radius 2 is 1.96 bits per heavy atom. The maximum absolute atomic E-state index is 15.9. The van der Waals surface area contributed by atoms with E-state index < -0.39 is 60.5 Å². The van der Waals surface area contributed by atoms with Crippen LogP contribution in [0, 0.1) is 11.2 Å². The molecule has 0 fully saturated rings. The van der Waals surface area contributed by atoms with Gasteiger partial charge in [-0.05, 0) is 47.6 Å². The molecule has 1 aliphatic rings. The van der Waals surface area contributed by atoms with Gasteiger partial charge in [0, 0.05) is 34.8 Å². The summed E-state index contributed by atoms with van der Waals surface area (Å²) in [4.78, 5) is 36.9. The number of aromatic nitrogens is 5. The van der Waals surface area contributed by atoms with E-state index in [4.69, 9.17) is 26.2 Å². The molecule has 5 rings (SSSR count). The van der Waals surface area contributed by atoms with Gasteiger partial charge in [-0.2, -0.15) is 10.2 Å². The van der Waals surface area contributed by atoms with E-state index >= 15 is 4.39 Å². The summed E-state index contributed by atoms with van der Waals surface area (Å²) in [6.45, 7) is 4.45. The molecule has 0 radical (unpaired) electrons. The Kier molecular flexibility index (Phi) is 8.55. The third kappa shape index (κ3) is 6.80.